The van der Waals surface area contributed by atoms with E-state index >= 15 is 0 Å². The second kappa shape index (κ2) is 8.43. The molecule has 0 aliphatic heterocycles. The Morgan fingerprint density at radius 3 is 0.840 bits per heavy atom. The molecule has 0 bridgehead atoms. The average Bonchev–Trinajstić information content (AvgIpc) is 2.60. The van der Waals surface area contributed by atoms with Crippen molar-refractivity contribution in [1.82, 2.24) is 5.41 Å². The Balaban J connectivity index is 2.98. The fraction of sp³-hybridized carbons (Fsp3) is 0. The summed E-state index contributed by atoms with van der Waals surface area (Å²) in [5.74, 6) is 1.90. The second-order valence-corrected chi connectivity index (χ2v) is 8.16. The zero-order valence-electron chi connectivity index (χ0n) is 11.2. The first-order valence-corrected chi connectivity index (χ1v) is 9.64. The van der Waals surface area contributed by atoms with Crippen LogP contribution in [0.1, 0.15) is 11.1 Å². The number of nitrogens with zero attached hydrogens (tertiary/aromatic N) is 1. The van der Waals surface area contributed by atoms with E-state index < -0.39 is 0 Å². The third kappa shape index (κ3) is 3.73. The zero-order chi connectivity index (χ0) is 19.2. The first-order chi connectivity index (χ1) is 11.6. The fourth-order valence-electron chi connectivity index (χ4n) is 1.89. The third-order valence-corrected chi connectivity index (χ3v) is 7.58. The van der Waals surface area contributed by atoms with Crippen molar-refractivity contribution in [2.45, 2.75) is 0 Å². The van der Waals surface area contributed by atoms with Crippen LogP contribution < -0.4 is 5.41 Å². The normalized spacial score (nSPS) is 10.8. The van der Waals surface area contributed by atoms with Crippen LogP contribution in [-0.4, -0.2) is 5.87 Å². The quantitative estimate of drug-likeness (QED) is 0.207. The molecule has 11 heteroatoms. The van der Waals surface area contributed by atoms with Gasteiger partial charge in [0, 0.05) is 17.0 Å². The lowest BCUT2D eigenvalue weighted by Crippen LogP contribution is -1.98. The molecule has 0 fully saturated rings. The van der Waals surface area contributed by atoms with Crippen LogP contribution in [-0.2, 0) is 0 Å². The molecule has 2 aromatic rings. The van der Waals surface area contributed by atoms with Crippen molar-refractivity contribution in [1.29, 1.82) is 0 Å². The van der Waals surface area contributed by atoms with Gasteiger partial charge in [0.2, 0.25) is 0 Å². The highest BCUT2D eigenvalue weighted by Gasteiger charge is 2.28. The molecule has 0 heterocycles. The van der Waals surface area contributed by atoms with E-state index in [-0.39, 0.29) is 66.9 Å². The molecule has 0 aliphatic carbocycles. The van der Waals surface area contributed by atoms with Gasteiger partial charge >= 0.3 is 0 Å². The molecular weight excluding hydrogens is 537 g/mol. The highest BCUT2D eigenvalue weighted by molar-refractivity contribution is 6.58. The number of benzene rings is 2. The van der Waals surface area contributed by atoms with Crippen LogP contribution in [0.25, 0.3) is 5.57 Å². The van der Waals surface area contributed by atoms with Crippen LogP contribution in [0.5, 0.6) is 0 Å². The number of hydrogen-bond acceptors (Lipinski definition) is 0. The molecule has 0 amide bonds. The Bertz CT molecular complexity index is 830. The maximum absolute atomic E-state index is 9.67. The van der Waals surface area contributed by atoms with E-state index in [1.54, 1.807) is 0 Å². The van der Waals surface area contributed by atoms with Crippen molar-refractivity contribution in [3.05, 3.63) is 61.4 Å². The van der Waals surface area contributed by atoms with Crippen molar-refractivity contribution in [3.63, 3.8) is 0 Å². The van der Waals surface area contributed by atoms with Gasteiger partial charge in [0.15, 0.2) is 0 Å². The maximum Gasteiger partial charge on any atom is 0.0809 e. The lowest BCUT2D eigenvalue weighted by Gasteiger charge is -2.17. The Morgan fingerprint density at radius 2 is 0.640 bits per heavy atom. The monoisotopic (exact) mass is 532 g/mol. The lowest BCUT2D eigenvalue weighted by molar-refractivity contribution is 1.55. The summed E-state index contributed by atoms with van der Waals surface area (Å²) in [5.41, 5.74) is -0.210. The SMILES string of the molecule is [N]=C=C(c1c(Cl)c(Cl)c(Cl)c(Cl)c1Cl)c1c(Cl)c(Cl)c(Cl)c(Cl)c1Cl. The summed E-state index contributed by atoms with van der Waals surface area (Å²) in [5, 5.41) is 8.67. The predicted octanol–water partition coefficient (Wildman–Crippen LogP) is 9.12. The highest BCUT2D eigenvalue weighted by Crippen LogP contribution is 2.51. The molecule has 0 N–H and O–H groups in total. The summed E-state index contributed by atoms with van der Waals surface area (Å²) in [7, 11) is 0. The molecule has 0 unspecified atom stereocenters. The van der Waals surface area contributed by atoms with Gasteiger partial charge in [0.05, 0.1) is 55.8 Å². The van der Waals surface area contributed by atoms with E-state index in [0.717, 1.165) is 0 Å². The maximum atomic E-state index is 9.67. The van der Waals surface area contributed by atoms with Crippen molar-refractivity contribution in [3.8, 4) is 0 Å². The van der Waals surface area contributed by atoms with Gasteiger partial charge in [-0.1, -0.05) is 121 Å². The van der Waals surface area contributed by atoms with Crippen LogP contribution in [0.2, 0.25) is 50.2 Å². The van der Waals surface area contributed by atoms with E-state index in [4.69, 9.17) is 116 Å². The Morgan fingerprint density at radius 1 is 0.440 bits per heavy atom. The smallest absolute Gasteiger partial charge is 0.0809 e. The van der Waals surface area contributed by atoms with Gasteiger partial charge in [-0.25, -0.2) is 0 Å². The Kier molecular flexibility index (Phi) is 7.45. The molecule has 1 radical (unpaired) electrons. The minimum atomic E-state index is -0.161. The predicted molar refractivity (Wildman–Crippen MR) is 113 cm³/mol. The topological polar surface area (TPSA) is 22.3 Å². The largest absolute Gasteiger partial charge is 0.0962 e. The van der Waals surface area contributed by atoms with Gasteiger partial charge in [0.1, 0.15) is 0 Å². The number of halogens is 10. The van der Waals surface area contributed by atoms with Crippen LogP contribution in [0.4, 0.5) is 0 Å². The molecule has 25 heavy (non-hydrogen) atoms. The van der Waals surface area contributed by atoms with E-state index in [1.807, 2.05) is 5.87 Å². The number of rotatable bonds is 2. The van der Waals surface area contributed by atoms with E-state index in [0.29, 0.717) is 0 Å². The highest BCUT2D eigenvalue weighted by atomic mass is 35.5. The fourth-order valence-corrected chi connectivity index (χ4v) is 4.54. The van der Waals surface area contributed by atoms with Gasteiger partial charge in [-0.15, -0.1) is 0 Å². The Labute approximate surface area is 192 Å². The van der Waals surface area contributed by atoms with Gasteiger partial charge in [-0.05, 0) is 0 Å². The first kappa shape index (κ1) is 22.1. The summed E-state index contributed by atoms with van der Waals surface area (Å²) in [4.78, 5) is 0. The van der Waals surface area contributed by atoms with Crippen molar-refractivity contribution < 1.29 is 0 Å². The van der Waals surface area contributed by atoms with Crippen LogP contribution in [0, 0.1) is 0 Å². The van der Waals surface area contributed by atoms with Gasteiger partial charge in [-0.3, -0.25) is 0 Å². The second-order valence-electron chi connectivity index (χ2n) is 4.38. The molecule has 0 saturated carbocycles. The zero-order valence-corrected chi connectivity index (χ0v) is 18.8. The molecular formula is C14Cl10N. The number of hydrogen-bond donors (Lipinski definition) is 0. The average molecular weight is 537 g/mol. The third-order valence-electron chi connectivity index (χ3n) is 3.03. The van der Waals surface area contributed by atoms with Crippen molar-refractivity contribution >= 4 is 127 Å². The van der Waals surface area contributed by atoms with Gasteiger partial charge in [-0.2, -0.15) is 0 Å². The molecule has 0 atom stereocenters. The minimum absolute atomic E-state index is 0.0245. The minimum Gasteiger partial charge on any atom is -0.0962 e. The molecule has 2 rings (SSSR count). The Hall–Kier alpha value is 0.790. The van der Waals surface area contributed by atoms with Gasteiger partial charge in [0.25, 0.3) is 0 Å². The van der Waals surface area contributed by atoms with Crippen molar-refractivity contribution in [2.24, 2.45) is 0 Å². The molecule has 0 aliphatic rings. The molecule has 0 aromatic heterocycles. The van der Waals surface area contributed by atoms with Crippen LogP contribution in [0.3, 0.4) is 0 Å². The van der Waals surface area contributed by atoms with Crippen molar-refractivity contribution in [2.75, 3.05) is 0 Å². The summed E-state index contributed by atoms with van der Waals surface area (Å²) in [6.45, 7) is 0. The first-order valence-electron chi connectivity index (χ1n) is 5.86. The standard InChI is InChI=1S/C14Cl10N/c15-5-3(6(16)10(20)13(23)9(5)19)2(1-25)4-7(17)11(21)14(24)12(22)8(4)18. The summed E-state index contributed by atoms with van der Waals surface area (Å²) >= 11 is 60.9. The van der Waals surface area contributed by atoms with E-state index in [2.05, 4.69) is 0 Å². The molecule has 0 spiro atoms. The van der Waals surface area contributed by atoms with Crippen LogP contribution >= 0.6 is 116 Å². The molecule has 1 nitrogen and oxygen atoms in total. The lowest BCUT2D eigenvalue weighted by atomic mass is 9.98. The van der Waals surface area contributed by atoms with Crippen LogP contribution in [0.15, 0.2) is 0 Å². The molecule has 131 valence electrons. The summed E-state index contributed by atoms with van der Waals surface area (Å²) in [6, 6.07) is 0. The summed E-state index contributed by atoms with van der Waals surface area (Å²) in [6.07, 6.45) is 0. The van der Waals surface area contributed by atoms with Gasteiger partial charge < -0.3 is 0 Å². The van der Waals surface area contributed by atoms with E-state index in [9.17, 15) is 5.41 Å². The summed E-state index contributed by atoms with van der Waals surface area (Å²) < 4.78 is 0. The molecule has 2 aromatic carbocycles. The van der Waals surface area contributed by atoms with E-state index in [1.165, 1.54) is 0 Å². The molecule has 0 saturated heterocycles.